The maximum atomic E-state index is 12.3. The van der Waals surface area contributed by atoms with E-state index in [0.29, 0.717) is 17.2 Å². The Labute approximate surface area is 162 Å². The Morgan fingerprint density at radius 1 is 1.15 bits per heavy atom. The smallest absolute Gasteiger partial charge is 0.220 e. The van der Waals surface area contributed by atoms with Crippen molar-refractivity contribution in [2.75, 3.05) is 23.7 Å². The van der Waals surface area contributed by atoms with Crippen LogP contribution in [0.1, 0.15) is 45.4 Å². The molecule has 1 aliphatic heterocycles. The number of hydrogen-bond acceptors (Lipinski definition) is 5. The molecule has 3 N–H and O–H groups in total. The lowest BCUT2D eigenvalue weighted by Gasteiger charge is -2.34. The Morgan fingerprint density at radius 3 is 2.37 bits per heavy atom. The van der Waals surface area contributed by atoms with Gasteiger partial charge < -0.3 is 16.0 Å². The lowest BCUT2D eigenvalue weighted by Crippen LogP contribution is -2.45. The van der Waals surface area contributed by atoms with E-state index in [2.05, 4.69) is 10.2 Å². The van der Waals surface area contributed by atoms with Crippen LogP contribution >= 0.6 is 0 Å². The summed E-state index contributed by atoms with van der Waals surface area (Å²) in [5.41, 5.74) is 7.10. The molecule has 1 saturated heterocycles. The van der Waals surface area contributed by atoms with Crippen LogP contribution < -0.4 is 16.0 Å². The number of benzene rings is 1. The first-order valence-corrected chi connectivity index (χ1v) is 11.7. The second kappa shape index (κ2) is 8.61. The monoisotopic (exact) mass is 393 g/mol. The summed E-state index contributed by atoms with van der Waals surface area (Å²) >= 11 is 0. The number of sulfone groups is 1. The number of carbonyl (C=O) groups is 1. The third kappa shape index (κ3) is 5.02. The van der Waals surface area contributed by atoms with Crippen LogP contribution in [-0.2, 0) is 14.6 Å². The first kappa shape index (κ1) is 20.1. The van der Waals surface area contributed by atoms with Gasteiger partial charge in [-0.15, -0.1) is 0 Å². The first-order chi connectivity index (χ1) is 12.9. The van der Waals surface area contributed by atoms with Crippen LogP contribution in [0.25, 0.3) is 0 Å². The molecule has 1 heterocycles. The van der Waals surface area contributed by atoms with Crippen LogP contribution in [0.5, 0.6) is 0 Å². The van der Waals surface area contributed by atoms with Gasteiger partial charge in [-0.2, -0.15) is 0 Å². The molecule has 1 aliphatic carbocycles. The summed E-state index contributed by atoms with van der Waals surface area (Å²) < 4.78 is 23.8. The van der Waals surface area contributed by atoms with Crippen molar-refractivity contribution in [3.63, 3.8) is 0 Å². The number of piperidine rings is 1. The van der Waals surface area contributed by atoms with Gasteiger partial charge in [-0.05, 0) is 55.9 Å². The van der Waals surface area contributed by atoms with Crippen molar-refractivity contribution in [1.82, 2.24) is 5.32 Å². The molecule has 1 saturated carbocycles. The van der Waals surface area contributed by atoms with Crippen molar-refractivity contribution in [1.29, 1.82) is 0 Å². The Bertz CT molecular complexity index is 740. The molecule has 150 valence electrons. The van der Waals surface area contributed by atoms with E-state index in [4.69, 9.17) is 5.73 Å². The van der Waals surface area contributed by atoms with Gasteiger partial charge in [0.1, 0.15) is 0 Å². The van der Waals surface area contributed by atoms with Gasteiger partial charge in [-0.1, -0.05) is 13.3 Å². The Morgan fingerprint density at radius 2 is 1.81 bits per heavy atom. The van der Waals surface area contributed by atoms with Gasteiger partial charge in [0.25, 0.3) is 0 Å². The van der Waals surface area contributed by atoms with E-state index in [-0.39, 0.29) is 23.7 Å². The molecule has 6 nitrogen and oxygen atoms in total. The van der Waals surface area contributed by atoms with E-state index in [1.165, 1.54) is 0 Å². The minimum Gasteiger partial charge on any atom is -0.371 e. The molecule has 0 spiro atoms. The molecule has 2 fully saturated rings. The van der Waals surface area contributed by atoms with Crippen molar-refractivity contribution in [2.24, 2.45) is 11.7 Å². The van der Waals surface area contributed by atoms with E-state index in [1.807, 2.05) is 12.1 Å². The zero-order valence-corrected chi connectivity index (χ0v) is 16.9. The predicted octanol–water partition coefficient (Wildman–Crippen LogP) is 2.08. The zero-order valence-electron chi connectivity index (χ0n) is 16.1. The van der Waals surface area contributed by atoms with E-state index in [0.717, 1.165) is 50.9 Å². The zero-order chi connectivity index (χ0) is 19.4. The van der Waals surface area contributed by atoms with Gasteiger partial charge in [0, 0.05) is 37.3 Å². The molecular weight excluding hydrogens is 362 g/mol. The number of nitrogens with zero attached hydrogens (tertiary/aromatic N) is 1. The van der Waals surface area contributed by atoms with Crippen LogP contribution in [-0.4, -0.2) is 45.3 Å². The third-order valence-electron chi connectivity index (χ3n) is 5.97. The number of nitrogens with two attached hydrogens (primary N) is 1. The number of hydrogen-bond donors (Lipinski definition) is 2. The molecule has 3 rings (SSSR count). The van der Waals surface area contributed by atoms with Gasteiger partial charge in [-0.25, -0.2) is 8.42 Å². The van der Waals surface area contributed by atoms with Crippen LogP contribution in [0.4, 0.5) is 5.69 Å². The second-order valence-electron chi connectivity index (χ2n) is 7.79. The molecule has 27 heavy (non-hydrogen) atoms. The molecule has 0 unspecified atom stereocenters. The minimum absolute atomic E-state index is 0.114. The number of carbonyl (C=O) groups excluding carboxylic acids is 1. The number of nitrogens with one attached hydrogen (secondary N) is 1. The minimum atomic E-state index is -3.16. The first-order valence-electron chi connectivity index (χ1n) is 10.0. The maximum absolute atomic E-state index is 12.3. The Kier molecular flexibility index (Phi) is 6.42. The summed E-state index contributed by atoms with van der Waals surface area (Å²) in [4.78, 5) is 14.9. The van der Waals surface area contributed by atoms with E-state index < -0.39 is 9.84 Å². The SMILES string of the molecule is CCS(=O)(=O)c1ccc(N2CCC(NC(=O)C[C@@H]3CCC[C@H]3N)CC2)cc1. The average Bonchev–Trinajstić information content (AvgIpc) is 3.07. The lowest BCUT2D eigenvalue weighted by atomic mass is 9.98. The van der Waals surface area contributed by atoms with Gasteiger partial charge in [0.05, 0.1) is 10.6 Å². The summed E-state index contributed by atoms with van der Waals surface area (Å²) in [7, 11) is -3.16. The van der Waals surface area contributed by atoms with E-state index in [1.54, 1.807) is 19.1 Å². The summed E-state index contributed by atoms with van der Waals surface area (Å²) in [5.74, 6) is 0.580. The summed E-state index contributed by atoms with van der Waals surface area (Å²) in [5, 5.41) is 3.17. The summed E-state index contributed by atoms with van der Waals surface area (Å²) in [6.07, 6.45) is 5.59. The number of amides is 1. The highest BCUT2D eigenvalue weighted by Gasteiger charge is 2.27. The van der Waals surface area contributed by atoms with Crippen LogP contribution in [0.15, 0.2) is 29.2 Å². The third-order valence-corrected chi connectivity index (χ3v) is 7.72. The van der Waals surface area contributed by atoms with Crippen molar-refractivity contribution >= 4 is 21.4 Å². The van der Waals surface area contributed by atoms with Gasteiger partial charge >= 0.3 is 0 Å². The quantitative estimate of drug-likeness (QED) is 0.772. The Hall–Kier alpha value is -1.60. The molecule has 7 heteroatoms. The van der Waals surface area contributed by atoms with Crippen molar-refractivity contribution in [2.45, 2.75) is 62.4 Å². The van der Waals surface area contributed by atoms with Crippen LogP contribution in [0, 0.1) is 5.92 Å². The van der Waals surface area contributed by atoms with Crippen molar-refractivity contribution in [3.8, 4) is 0 Å². The maximum Gasteiger partial charge on any atom is 0.220 e. The second-order valence-corrected chi connectivity index (χ2v) is 10.1. The van der Waals surface area contributed by atoms with Crippen molar-refractivity contribution in [3.05, 3.63) is 24.3 Å². The normalized spacial score (nSPS) is 24.1. The van der Waals surface area contributed by atoms with Gasteiger partial charge in [0.2, 0.25) is 5.91 Å². The highest BCUT2D eigenvalue weighted by molar-refractivity contribution is 7.91. The fourth-order valence-corrected chi connectivity index (χ4v) is 5.04. The molecular formula is C20H31N3O3S. The molecule has 1 amide bonds. The van der Waals surface area contributed by atoms with Gasteiger partial charge in [0.15, 0.2) is 9.84 Å². The summed E-state index contributed by atoms with van der Waals surface area (Å²) in [6.45, 7) is 3.37. The largest absolute Gasteiger partial charge is 0.371 e. The van der Waals surface area contributed by atoms with Gasteiger partial charge in [-0.3, -0.25) is 4.79 Å². The molecule has 0 bridgehead atoms. The lowest BCUT2D eigenvalue weighted by molar-refractivity contribution is -0.122. The molecule has 0 radical (unpaired) electrons. The topological polar surface area (TPSA) is 92.5 Å². The fourth-order valence-electron chi connectivity index (χ4n) is 4.16. The van der Waals surface area contributed by atoms with E-state index in [9.17, 15) is 13.2 Å². The molecule has 1 aromatic rings. The highest BCUT2D eigenvalue weighted by Crippen LogP contribution is 2.27. The average molecular weight is 394 g/mol. The molecule has 2 atom stereocenters. The van der Waals surface area contributed by atoms with Crippen molar-refractivity contribution < 1.29 is 13.2 Å². The molecule has 1 aromatic carbocycles. The molecule has 2 aliphatic rings. The predicted molar refractivity (Wildman–Crippen MR) is 107 cm³/mol. The van der Waals surface area contributed by atoms with E-state index >= 15 is 0 Å². The number of anilines is 1. The molecule has 0 aromatic heterocycles. The standard InChI is InChI=1S/C20H31N3O3S/c1-2-27(25,26)18-8-6-17(7-9-18)23-12-10-16(11-13-23)22-20(24)14-15-4-3-5-19(15)21/h6-9,15-16,19H,2-5,10-14,21H2,1H3,(H,22,24)/t15-,19+/m0/s1. The van der Waals surface area contributed by atoms with Crippen LogP contribution in [0.3, 0.4) is 0 Å². The number of rotatable bonds is 6. The van der Waals surface area contributed by atoms with Crippen LogP contribution in [0.2, 0.25) is 0 Å². The Balaban J connectivity index is 1.48. The summed E-state index contributed by atoms with van der Waals surface area (Å²) in [6, 6.07) is 7.52. The highest BCUT2D eigenvalue weighted by atomic mass is 32.2. The fraction of sp³-hybridized carbons (Fsp3) is 0.650.